The first kappa shape index (κ1) is 31.8. The molecule has 12 heteroatoms. The maximum atomic E-state index is 13.6. The third-order valence-electron chi connectivity index (χ3n) is 6.28. The Morgan fingerprint density at radius 1 is 1.12 bits per heavy atom. The van der Waals surface area contributed by atoms with Crippen molar-refractivity contribution in [2.24, 2.45) is 0 Å². The topological polar surface area (TPSA) is 123 Å². The molecule has 0 atom stereocenters. The Hall–Kier alpha value is -2.73. The number of hydrogen-bond donors (Lipinski definition) is 2. The van der Waals surface area contributed by atoms with Gasteiger partial charge in [0, 0.05) is 30.2 Å². The number of benzene rings is 1. The predicted octanol–water partition coefficient (Wildman–Crippen LogP) is 5.43. The van der Waals surface area contributed by atoms with E-state index in [1.807, 2.05) is 17.8 Å². The fraction of sp³-hybridized carbons (Fsp3) is 0.607. The highest BCUT2D eigenvalue weighted by Crippen LogP contribution is 2.34. The standard InChI is InChI=1S/C28H43N5O5S2/c1-6-7-8-9-10-18-39-22-12-13-24-21(19-22)14-17-32(24)26(34)23-20-30-33(25(23)31-40(5,36)37)16-11-15-29-27(35)38-28(2,3)4/h12-13,19-20,31H,6-11,14-18H2,1-5H3,(H,29,35). The monoisotopic (exact) mass is 593 g/mol. The number of ether oxygens (including phenoxy) is 1. The lowest BCUT2D eigenvalue weighted by atomic mass is 10.2. The van der Waals surface area contributed by atoms with Crippen LogP contribution in [0.5, 0.6) is 0 Å². The molecule has 2 aromatic rings. The van der Waals surface area contributed by atoms with Crippen molar-refractivity contribution in [2.75, 3.05) is 34.7 Å². The summed E-state index contributed by atoms with van der Waals surface area (Å²) in [7, 11) is -3.67. The molecule has 0 radical (unpaired) electrons. The van der Waals surface area contributed by atoms with Gasteiger partial charge in [-0.3, -0.25) is 9.52 Å². The third-order valence-corrected chi connectivity index (χ3v) is 7.92. The smallest absolute Gasteiger partial charge is 0.407 e. The molecule has 10 nitrogen and oxygen atoms in total. The molecule has 0 saturated carbocycles. The number of hydrogen-bond acceptors (Lipinski definition) is 7. The molecule has 2 N–H and O–H groups in total. The van der Waals surface area contributed by atoms with Crippen molar-refractivity contribution < 1.29 is 22.7 Å². The van der Waals surface area contributed by atoms with Crippen LogP contribution in [0.25, 0.3) is 0 Å². The van der Waals surface area contributed by atoms with Crippen LogP contribution >= 0.6 is 11.8 Å². The van der Waals surface area contributed by atoms with Gasteiger partial charge in [-0.2, -0.15) is 5.10 Å². The van der Waals surface area contributed by atoms with Gasteiger partial charge in [0.2, 0.25) is 10.0 Å². The second-order valence-electron chi connectivity index (χ2n) is 11.0. The number of aryl methyl sites for hydroxylation is 1. The van der Waals surface area contributed by atoms with Crippen LogP contribution in [-0.2, 0) is 27.7 Å². The number of sulfonamides is 1. The first-order chi connectivity index (χ1) is 18.9. The number of carbonyl (C=O) groups excluding carboxylic acids is 2. The lowest BCUT2D eigenvalue weighted by Gasteiger charge is -2.20. The number of unbranched alkanes of at least 4 members (excludes halogenated alkanes) is 4. The van der Waals surface area contributed by atoms with Crippen molar-refractivity contribution in [3.8, 4) is 0 Å². The first-order valence-corrected chi connectivity index (χ1v) is 16.8. The van der Waals surface area contributed by atoms with Crippen molar-refractivity contribution >= 4 is 45.3 Å². The predicted molar refractivity (Wildman–Crippen MR) is 161 cm³/mol. The second kappa shape index (κ2) is 14.2. The van der Waals surface area contributed by atoms with Crippen molar-refractivity contribution in [3.05, 3.63) is 35.5 Å². The maximum Gasteiger partial charge on any atom is 0.407 e. The molecule has 1 aliphatic heterocycles. The Morgan fingerprint density at radius 3 is 2.58 bits per heavy atom. The molecule has 40 heavy (non-hydrogen) atoms. The largest absolute Gasteiger partial charge is 0.444 e. The van der Waals surface area contributed by atoms with E-state index in [1.165, 1.54) is 47.9 Å². The van der Waals surface area contributed by atoms with E-state index in [-0.39, 0.29) is 23.8 Å². The van der Waals surface area contributed by atoms with Gasteiger partial charge in [-0.05, 0) is 69.5 Å². The number of alkyl carbamates (subject to hydrolysis) is 1. The number of anilines is 2. The number of aromatic nitrogens is 2. The quantitative estimate of drug-likeness (QED) is 0.221. The molecule has 0 unspecified atom stereocenters. The highest BCUT2D eigenvalue weighted by atomic mass is 32.2. The number of thioether (sulfide) groups is 1. The molecule has 0 spiro atoms. The summed E-state index contributed by atoms with van der Waals surface area (Å²) in [6.45, 7) is 8.67. The molecular weight excluding hydrogens is 550 g/mol. The van der Waals surface area contributed by atoms with Crippen LogP contribution in [0.1, 0.15) is 82.1 Å². The van der Waals surface area contributed by atoms with Gasteiger partial charge in [0.1, 0.15) is 11.2 Å². The minimum atomic E-state index is -3.67. The number of nitrogens with one attached hydrogen (secondary N) is 2. The number of nitrogens with zero attached hydrogens (tertiary/aromatic N) is 3. The maximum absolute atomic E-state index is 13.6. The van der Waals surface area contributed by atoms with E-state index in [0.717, 1.165) is 29.7 Å². The van der Waals surface area contributed by atoms with E-state index in [1.54, 1.807) is 25.7 Å². The minimum absolute atomic E-state index is 0.119. The molecule has 2 amide bonds. The highest BCUT2D eigenvalue weighted by Gasteiger charge is 2.30. The summed E-state index contributed by atoms with van der Waals surface area (Å²) in [6, 6.07) is 6.20. The van der Waals surface area contributed by atoms with Gasteiger partial charge in [0.25, 0.3) is 5.91 Å². The Morgan fingerprint density at radius 2 is 1.88 bits per heavy atom. The van der Waals surface area contributed by atoms with Crippen LogP contribution in [-0.4, -0.2) is 60.9 Å². The molecule has 0 saturated heterocycles. The van der Waals surface area contributed by atoms with Crippen LogP contribution in [0, 0.1) is 0 Å². The van der Waals surface area contributed by atoms with Gasteiger partial charge in [0.15, 0.2) is 5.82 Å². The van der Waals surface area contributed by atoms with Crippen molar-refractivity contribution in [3.63, 3.8) is 0 Å². The van der Waals surface area contributed by atoms with Crippen LogP contribution < -0.4 is 14.9 Å². The molecule has 0 aliphatic carbocycles. The average molecular weight is 594 g/mol. The summed E-state index contributed by atoms with van der Waals surface area (Å²) in [5, 5.41) is 6.97. The van der Waals surface area contributed by atoms with E-state index >= 15 is 0 Å². The van der Waals surface area contributed by atoms with Gasteiger partial charge in [-0.25, -0.2) is 17.9 Å². The zero-order valence-electron chi connectivity index (χ0n) is 24.3. The van der Waals surface area contributed by atoms with Crippen molar-refractivity contribution in [1.82, 2.24) is 15.1 Å². The van der Waals surface area contributed by atoms with Gasteiger partial charge in [0.05, 0.1) is 12.5 Å². The minimum Gasteiger partial charge on any atom is -0.444 e. The summed E-state index contributed by atoms with van der Waals surface area (Å²) >= 11 is 1.85. The van der Waals surface area contributed by atoms with Crippen LogP contribution in [0.2, 0.25) is 0 Å². The number of rotatable bonds is 14. The molecule has 0 fully saturated rings. The normalized spacial score (nSPS) is 13.3. The third kappa shape index (κ3) is 9.72. The lowest BCUT2D eigenvalue weighted by molar-refractivity contribution is 0.0526. The molecule has 1 aromatic heterocycles. The Labute approximate surface area is 242 Å². The van der Waals surface area contributed by atoms with Gasteiger partial charge >= 0.3 is 6.09 Å². The number of fused-ring (bicyclic) bond motifs is 1. The lowest BCUT2D eigenvalue weighted by Crippen LogP contribution is -2.33. The summed E-state index contributed by atoms with van der Waals surface area (Å²) in [5.74, 6) is 0.894. The highest BCUT2D eigenvalue weighted by molar-refractivity contribution is 7.99. The van der Waals surface area contributed by atoms with Gasteiger partial charge < -0.3 is 15.0 Å². The summed E-state index contributed by atoms with van der Waals surface area (Å²) in [5.41, 5.74) is 1.54. The average Bonchev–Trinajstić information content (AvgIpc) is 3.45. The fourth-order valence-electron chi connectivity index (χ4n) is 4.45. The Balaban J connectivity index is 1.66. The van der Waals surface area contributed by atoms with E-state index in [9.17, 15) is 18.0 Å². The first-order valence-electron chi connectivity index (χ1n) is 14.0. The summed E-state index contributed by atoms with van der Waals surface area (Å²) in [6.07, 6.45) is 9.38. The Bertz CT molecular complexity index is 1270. The molecule has 2 heterocycles. The molecular formula is C28H43N5O5S2. The second-order valence-corrected chi connectivity index (χ2v) is 14.0. The van der Waals surface area contributed by atoms with E-state index in [0.29, 0.717) is 19.5 Å². The number of amides is 2. The summed E-state index contributed by atoms with van der Waals surface area (Å²) in [4.78, 5) is 28.4. The van der Waals surface area contributed by atoms with Crippen molar-refractivity contribution in [2.45, 2.75) is 89.7 Å². The van der Waals surface area contributed by atoms with Gasteiger partial charge in [-0.15, -0.1) is 11.8 Å². The van der Waals surface area contributed by atoms with Gasteiger partial charge in [-0.1, -0.05) is 32.6 Å². The molecule has 1 aromatic carbocycles. The van der Waals surface area contributed by atoms with E-state index < -0.39 is 21.7 Å². The number of carbonyl (C=O) groups is 2. The van der Waals surface area contributed by atoms with Crippen LogP contribution in [0.3, 0.4) is 0 Å². The van der Waals surface area contributed by atoms with Crippen LogP contribution in [0.15, 0.2) is 29.3 Å². The Kier molecular flexibility index (Phi) is 11.3. The van der Waals surface area contributed by atoms with E-state index in [4.69, 9.17) is 4.74 Å². The van der Waals surface area contributed by atoms with E-state index in [2.05, 4.69) is 34.2 Å². The molecule has 0 bridgehead atoms. The molecule has 3 rings (SSSR count). The van der Waals surface area contributed by atoms with Crippen LogP contribution in [0.4, 0.5) is 16.3 Å². The molecule has 222 valence electrons. The SMILES string of the molecule is CCCCCCCSc1ccc2c(c1)CCN2C(=O)c1cnn(CCCNC(=O)OC(C)(C)C)c1NS(C)(=O)=O. The molecule has 1 aliphatic rings. The van der Waals surface area contributed by atoms with Crippen molar-refractivity contribution in [1.29, 1.82) is 0 Å². The summed E-state index contributed by atoms with van der Waals surface area (Å²) < 4.78 is 33.4. The zero-order chi connectivity index (χ0) is 29.3. The zero-order valence-corrected chi connectivity index (χ0v) is 25.9. The fourth-order valence-corrected chi connectivity index (χ4v) is 5.99.